The molecule has 0 aromatic heterocycles. The summed E-state index contributed by atoms with van der Waals surface area (Å²) in [5.74, 6) is 3.07. The smallest absolute Gasteiger partial charge is 0.0908 e. The van der Waals surface area contributed by atoms with Crippen LogP contribution < -0.4 is 5.73 Å². The van der Waals surface area contributed by atoms with Crippen LogP contribution in [0.1, 0.15) is 27.2 Å². The van der Waals surface area contributed by atoms with Crippen LogP contribution >= 0.6 is 11.8 Å². The van der Waals surface area contributed by atoms with Crippen molar-refractivity contribution < 1.29 is 0 Å². The van der Waals surface area contributed by atoms with Crippen LogP contribution in [0.5, 0.6) is 0 Å². The van der Waals surface area contributed by atoms with Crippen molar-refractivity contribution in [3.05, 3.63) is 0 Å². The molecule has 66 valence electrons. The molecule has 0 amide bonds. The molecular formula is C8H18N2S. The first-order chi connectivity index (χ1) is 5.16. The number of rotatable bonds is 5. The van der Waals surface area contributed by atoms with Gasteiger partial charge in [0.25, 0.3) is 0 Å². The van der Waals surface area contributed by atoms with Gasteiger partial charge in [0.15, 0.2) is 0 Å². The zero-order valence-electron chi connectivity index (χ0n) is 7.63. The molecule has 1 atom stereocenters. The molecule has 0 spiro atoms. The summed E-state index contributed by atoms with van der Waals surface area (Å²) in [6.07, 6.45) is 1.13. The third kappa shape index (κ3) is 7.72. The monoisotopic (exact) mass is 174 g/mol. The summed E-state index contributed by atoms with van der Waals surface area (Å²) < 4.78 is 0. The van der Waals surface area contributed by atoms with E-state index in [1.807, 2.05) is 18.7 Å². The van der Waals surface area contributed by atoms with Crippen LogP contribution in [0.25, 0.3) is 0 Å². The highest BCUT2D eigenvalue weighted by Crippen LogP contribution is 2.05. The highest BCUT2D eigenvalue weighted by molar-refractivity contribution is 7.99. The van der Waals surface area contributed by atoms with Gasteiger partial charge in [0.2, 0.25) is 0 Å². The van der Waals surface area contributed by atoms with Gasteiger partial charge in [-0.3, -0.25) is 4.99 Å². The van der Waals surface area contributed by atoms with E-state index in [4.69, 9.17) is 5.73 Å². The van der Waals surface area contributed by atoms with E-state index in [2.05, 4.69) is 18.8 Å². The second-order valence-electron chi connectivity index (χ2n) is 2.61. The Bertz CT molecular complexity index is 119. The standard InChI is InChI=1S/C8H18N2S/c1-4-11-6-5-7(2)10-8(3)9/h7H,4-6H2,1-3H3,(H2,9,10). The average molecular weight is 174 g/mol. The lowest BCUT2D eigenvalue weighted by Crippen LogP contribution is -2.11. The number of aliphatic imine (C=N–C) groups is 1. The SMILES string of the molecule is CCSCCC(C)N=C(C)N. The van der Waals surface area contributed by atoms with E-state index in [1.165, 1.54) is 11.5 Å². The predicted octanol–water partition coefficient (Wildman–Crippen LogP) is 1.90. The van der Waals surface area contributed by atoms with Gasteiger partial charge in [0.1, 0.15) is 0 Å². The minimum Gasteiger partial charge on any atom is -0.388 e. The van der Waals surface area contributed by atoms with Gasteiger partial charge in [-0.25, -0.2) is 0 Å². The summed E-state index contributed by atoms with van der Waals surface area (Å²) in [5, 5.41) is 0. The van der Waals surface area contributed by atoms with E-state index < -0.39 is 0 Å². The van der Waals surface area contributed by atoms with Crippen LogP contribution in [0.3, 0.4) is 0 Å². The fourth-order valence-electron chi connectivity index (χ4n) is 0.810. The topological polar surface area (TPSA) is 38.4 Å². The molecule has 0 aliphatic rings. The summed E-state index contributed by atoms with van der Waals surface area (Å²) >= 11 is 1.95. The molecule has 0 aromatic rings. The molecule has 0 aromatic carbocycles. The lowest BCUT2D eigenvalue weighted by molar-refractivity contribution is 0.722. The largest absolute Gasteiger partial charge is 0.388 e. The average Bonchev–Trinajstić information content (AvgIpc) is 1.86. The van der Waals surface area contributed by atoms with Crippen LogP contribution in [-0.2, 0) is 0 Å². The van der Waals surface area contributed by atoms with Gasteiger partial charge in [-0.15, -0.1) is 0 Å². The summed E-state index contributed by atoms with van der Waals surface area (Å²) in [4.78, 5) is 4.23. The second kappa shape index (κ2) is 6.53. The van der Waals surface area contributed by atoms with E-state index in [1.54, 1.807) is 0 Å². The van der Waals surface area contributed by atoms with Crippen molar-refractivity contribution >= 4 is 17.6 Å². The predicted molar refractivity (Wildman–Crippen MR) is 54.4 cm³/mol. The molecule has 0 rings (SSSR count). The maximum Gasteiger partial charge on any atom is 0.0908 e. The van der Waals surface area contributed by atoms with Crippen molar-refractivity contribution in [2.75, 3.05) is 11.5 Å². The van der Waals surface area contributed by atoms with Crippen molar-refractivity contribution in [3.63, 3.8) is 0 Å². The molecule has 0 bridgehead atoms. The van der Waals surface area contributed by atoms with E-state index in [9.17, 15) is 0 Å². The molecule has 11 heavy (non-hydrogen) atoms. The molecule has 2 N–H and O–H groups in total. The van der Waals surface area contributed by atoms with Gasteiger partial charge in [-0.2, -0.15) is 11.8 Å². The highest BCUT2D eigenvalue weighted by atomic mass is 32.2. The van der Waals surface area contributed by atoms with Gasteiger partial charge in [0, 0.05) is 6.04 Å². The van der Waals surface area contributed by atoms with Crippen molar-refractivity contribution in [1.82, 2.24) is 0 Å². The van der Waals surface area contributed by atoms with Crippen LogP contribution in [0.4, 0.5) is 0 Å². The van der Waals surface area contributed by atoms with Crippen molar-refractivity contribution in [3.8, 4) is 0 Å². The van der Waals surface area contributed by atoms with E-state index in [0.717, 1.165) is 6.42 Å². The Morgan fingerprint density at radius 2 is 2.27 bits per heavy atom. The molecule has 0 saturated carbocycles. The zero-order chi connectivity index (χ0) is 8.69. The Balaban J connectivity index is 3.37. The molecule has 2 nitrogen and oxygen atoms in total. The number of thioether (sulfide) groups is 1. The minimum atomic E-state index is 0.388. The van der Waals surface area contributed by atoms with Gasteiger partial charge in [-0.1, -0.05) is 6.92 Å². The van der Waals surface area contributed by atoms with Crippen LogP contribution in [0.15, 0.2) is 4.99 Å². The molecule has 1 unspecified atom stereocenters. The number of hydrogen-bond acceptors (Lipinski definition) is 2. The molecule has 0 heterocycles. The third-order valence-electron chi connectivity index (χ3n) is 1.31. The third-order valence-corrected chi connectivity index (χ3v) is 2.24. The summed E-state index contributed by atoms with van der Waals surface area (Å²) in [5.41, 5.74) is 5.44. The molecule has 0 radical (unpaired) electrons. The first-order valence-electron chi connectivity index (χ1n) is 4.04. The van der Waals surface area contributed by atoms with Gasteiger partial charge >= 0.3 is 0 Å². The molecular weight excluding hydrogens is 156 g/mol. The fourth-order valence-corrected chi connectivity index (χ4v) is 1.61. The van der Waals surface area contributed by atoms with Gasteiger partial charge in [0.05, 0.1) is 5.84 Å². The van der Waals surface area contributed by atoms with Gasteiger partial charge < -0.3 is 5.73 Å². The maximum absolute atomic E-state index is 5.44. The summed E-state index contributed by atoms with van der Waals surface area (Å²) in [7, 11) is 0. The van der Waals surface area contributed by atoms with Crippen LogP contribution in [-0.4, -0.2) is 23.4 Å². The number of hydrogen-bond donors (Lipinski definition) is 1. The number of amidine groups is 1. The maximum atomic E-state index is 5.44. The van der Waals surface area contributed by atoms with E-state index >= 15 is 0 Å². The van der Waals surface area contributed by atoms with Crippen molar-refractivity contribution in [1.29, 1.82) is 0 Å². The summed E-state index contributed by atoms with van der Waals surface area (Å²) in [6, 6.07) is 0.388. The normalized spacial score (nSPS) is 15.0. The quantitative estimate of drug-likeness (QED) is 0.393. The second-order valence-corrected chi connectivity index (χ2v) is 4.00. The van der Waals surface area contributed by atoms with Crippen LogP contribution in [0, 0.1) is 0 Å². The fraction of sp³-hybridized carbons (Fsp3) is 0.875. The lowest BCUT2D eigenvalue weighted by Gasteiger charge is -2.04. The highest BCUT2D eigenvalue weighted by Gasteiger charge is 1.97. The Hall–Kier alpha value is -0.180. The van der Waals surface area contributed by atoms with Crippen LogP contribution in [0.2, 0.25) is 0 Å². The minimum absolute atomic E-state index is 0.388. The molecule has 3 heteroatoms. The molecule has 0 aliphatic carbocycles. The zero-order valence-corrected chi connectivity index (χ0v) is 8.45. The Morgan fingerprint density at radius 1 is 1.64 bits per heavy atom. The lowest BCUT2D eigenvalue weighted by atomic mass is 10.3. The first-order valence-corrected chi connectivity index (χ1v) is 5.20. The number of nitrogens with two attached hydrogens (primary N) is 1. The first kappa shape index (κ1) is 10.8. The van der Waals surface area contributed by atoms with Crippen molar-refractivity contribution in [2.24, 2.45) is 10.7 Å². The molecule has 0 aliphatic heterocycles. The van der Waals surface area contributed by atoms with E-state index in [-0.39, 0.29) is 0 Å². The summed E-state index contributed by atoms with van der Waals surface area (Å²) in [6.45, 7) is 6.11. The number of nitrogens with zero attached hydrogens (tertiary/aromatic N) is 1. The Labute approximate surface area is 73.7 Å². The molecule has 0 fully saturated rings. The Morgan fingerprint density at radius 3 is 2.73 bits per heavy atom. The van der Waals surface area contributed by atoms with Crippen molar-refractivity contribution in [2.45, 2.75) is 33.2 Å². The Kier molecular flexibility index (Phi) is 6.42. The van der Waals surface area contributed by atoms with Gasteiger partial charge in [-0.05, 0) is 31.8 Å². The molecule has 0 saturated heterocycles. The van der Waals surface area contributed by atoms with E-state index in [0.29, 0.717) is 11.9 Å².